The number of nitrogens with one attached hydrogen (secondary N) is 3. The van der Waals surface area contributed by atoms with Crippen LogP contribution in [0, 0.1) is 23.2 Å². The number of ketones is 1. The number of hydrogen-bond acceptors (Lipinski definition) is 5. The summed E-state index contributed by atoms with van der Waals surface area (Å²) in [6.07, 6.45) is 11.7. The van der Waals surface area contributed by atoms with E-state index in [1.807, 2.05) is 39.0 Å². The van der Waals surface area contributed by atoms with Crippen molar-refractivity contribution in [2.45, 2.75) is 128 Å². The molecular weight excluding hydrogens is 582 g/mol. The summed E-state index contributed by atoms with van der Waals surface area (Å²) in [7, 11) is 0. The summed E-state index contributed by atoms with van der Waals surface area (Å²) in [5.74, 6) is -2.02. The van der Waals surface area contributed by atoms with Crippen molar-refractivity contribution in [1.29, 1.82) is 0 Å². The molecule has 4 fully saturated rings. The lowest BCUT2D eigenvalue weighted by Crippen LogP contribution is -2.63. The van der Waals surface area contributed by atoms with E-state index < -0.39 is 46.7 Å². The molecule has 0 spiro atoms. The van der Waals surface area contributed by atoms with Gasteiger partial charge in [-0.25, -0.2) is 4.79 Å². The SMILES string of the molecule is CC(C)(C)[C@H](NC(=O)NC1(Cc2ccccc2)CCCCC1)C(=O)N1CC[C@H](C2CC2)[C@H]1C(=O)NC(CC1CCC1)C(=O)C(N)=O. The van der Waals surface area contributed by atoms with E-state index in [1.165, 1.54) is 0 Å². The third-order valence-electron chi connectivity index (χ3n) is 10.9. The molecule has 5 amide bonds. The van der Waals surface area contributed by atoms with Crippen molar-refractivity contribution in [3.05, 3.63) is 35.9 Å². The minimum atomic E-state index is -1.06. The molecule has 1 saturated heterocycles. The highest BCUT2D eigenvalue weighted by Crippen LogP contribution is 2.45. The number of amides is 5. The second-order valence-corrected chi connectivity index (χ2v) is 15.5. The molecule has 3 aliphatic carbocycles. The molecule has 1 aliphatic heterocycles. The summed E-state index contributed by atoms with van der Waals surface area (Å²) in [5, 5.41) is 9.19. The molecule has 4 atom stereocenters. The maximum atomic E-state index is 14.4. The Morgan fingerprint density at radius 2 is 1.59 bits per heavy atom. The lowest BCUT2D eigenvalue weighted by Gasteiger charge is -2.40. The molecule has 1 heterocycles. The van der Waals surface area contributed by atoms with Crippen LogP contribution in [-0.2, 0) is 25.6 Å². The predicted octanol–water partition coefficient (Wildman–Crippen LogP) is 4.00. The Morgan fingerprint density at radius 1 is 0.913 bits per heavy atom. The molecule has 5 N–H and O–H groups in total. The van der Waals surface area contributed by atoms with Crippen LogP contribution in [0.4, 0.5) is 4.79 Å². The van der Waals surface area contributed by atoms with Gasteiger partial charge in [-0.1, -0.05) is 89.6 Å². The summed E-state index contributed by atoms with van der Waals surface area (Å²) in [5.41, 5.74) is 5.49. The van der Waals surface area contributed by atoms with Crippen LogP contribution >= 0.6 is 0 Å². The van der Waals surface area contributed by atoms with E-state index in [2.05, 4.69) is 28.1 Å². The normalized spacial score (nSPS) is 24.3. The van der Waals surface area contributed by atoms with Gasteiger partial charge in [-0.15, -0.1) is 0 Å². The lowest BCUT2D eigenvalue weighted by atomic mass is 9.77. The van der Waals surface area contributed by atoms with Gasteiger partial charge in [0.15, 0.2) is 0 Å². The second kappa shape index (κ2) is 14.1. The molecule has 1 aromatic rings. The van der Waals surface area contributed by atoms with Crippen molar-refractivity contribution < 1.29 is 24.0 Å². The number of Topliss-reactive ketones (excluding diaryl/α,β-unsaturated/α-hetero) is 1. The molecule has 5 rings (SSSR count). The van der Waals surface area contributed by atoms with E-state index in [-0.39, 0.29) is 23.8 Å². The minimum Gasteiger partial charge on any atom is -0.363 e. The molecule has 46 heavy (non-hydrogen) atoms. The first-order chi connectivity index (χ1) is 21.9. The fourth-order valence-corrected chi connectivity index (χ4v) is 7.92. The van der Waals surface area contributed by atoms with Crippen LogP contribution in [0.25, 0.3) is 0 Å². The van der Waals surface area contributed by atoms with Crippen LogP contribution in [0.5, 0.6) is 0 Å². The molecule has 0 radical (unpaired) electrons. The van der Waals surface area contributed by atoms with Crippen LogP contribution < -0.4 is 21.7 Å². The Hall–Kier alpha value is -3.43. The Morgan fingerprint density at radius 3 is 2.15 bits per heavy atom. The van der Waals surface area contributed by atoms with Gasteiger partial charge in [0, 0.05) is 12.1 Å². The van der Waals surface area contributed by atoms with E-state index in [1.54, 1.807) is 4.90 Å². The summed E-state index contributed by atoms with van der Waals surface area (Å²) in [4.78, 5) is 68.4. The number of benzene rings is 1. The van der Waals surface area contributed by atoms with Gasteiger partial charge >= 0.3 is 6.03 Å². The average Bonchev–Trinajstić information content (AvgIpc) is 3.74. The highest BCUT2D eigenvalue weighted by Gasteiger charge is 2.51. The Balaban J connectivity index is 1.33. The summed E-state index contributed by atoms with van der Waals surface area (Å²) < 4.78 is 0. The van der Waals surface area contributed by atoms with Crippen LogP contribution in [0.1, 0.15) is 103 Å². The number of primary amides is 1. The fourth-order valence-electron chi connectivity index (χ4n) is 7.92. The molecule has 0 aromatic heterocycles. The zero-order valence-corrected chi connectivity index (χ0v) is 27.8. The number of nitrogens with zero attached hydrogens (tertiary/aromatic N) is 1. The molecule has 3 saturated carbocycles. The van der Waals surface area contributed by atoms with Crippen molar-refractivity contribution >= 4 is 29.5 Å². The van der Waals surface area contributed by atoms with Crippen molar-refractivity contribution in [2.24, 2.45) is 28.9 Å². The Labute approximate surface area is 273 Å². The first kappa shape index (κ1) is 33.9. The Bertz CT molecular complexity index is 1280. The van der Waals surface area contributed by atoms with E-state index in [0.29, 0.717) is 25.3 Å². The summed E-state index contributed by atoms with van der Waals surface area (Å²) >= 11 is 0. The number of carbonyl (C=O) groups is 5. The van der Waals surface area contributed by atoms with E-state index in [0.717, 1.165) is 76.2 Å². The first-order valence-electron chi connectivity index (χ1n) is 17.4. The van der Waals surface area contributed by atoms with Crippen molar-refractivity contribution in [3.63, 3.8) is 0 Å². The minimum absolute atomic E-state index is 0.0391. The second-order valence-electron chi connectivity index (χ2n) is 15.5. The van der Waals surface area contributed by atoms with Gasteiger partial charge in [-0.3, -0.25) is 19.2 Å². The standard InChI is InChI=1S/C36H53N5O5/c1-35(2,3)30(39-34(46)40-36(18-8-5-9-19-36)22-24-11-6-4-7-12-24)33(45)41-20-17-26(25-15-16-25)28(41)32(44)38-27(29(42)31(37)43)21-23-13-10-14-23/h4,6-7,11-12,23,25-28,30H,5,8-10,13-22H2,1-3H3,(H2,37,43)(H,38,44)(H2,39,40,46)/t26-,27?,28+,30-/m1/s1. The number of rotatable bonds is 12. The van der Waals surface area contributed by atoms with Gasteiger partial charge in [0.25, 0.3) is 5.91 Å². The van der Waals surface area contributed by atoms with Gasteiger partial charge < -0.3 is 26.6 Å². The van der Waals surface area contributed by atoms with Crippen LogP contribution in [0.15, 0.2) is 30.3 Å². The van der Waals surface area contributed by atoms with Crippen LogP contribution in [-0.4, -0.2) is 64.6 Å². The molecule has 10 heteroatoms. The van der Waals surface area contributed by atoms with Crippen molar-refractivity contribution in [1.82, 2.24) is 20.9 Å². The number of carbonyl (C=O) groups excluding carboxylic acids is 5. The zero-order chi connectivity index (χ0) is 33.1. The fraction of sp³-hybridized carbons (Fsp3) is 0.694. The van der Waals surface area contributed by atoms with E-state index in [4.69, 9.17) is 5.73 Å². The number of nitrogens with two attached hydrogens (primary N) is 1. The lowest BCUT2D eigenvalue weighted by molar-refractivity contribution is -0.144. The summed E-state index contributed by atoms with van der Waals surface area (Å²) in [6.45, 7) is 6.14. The maximum Gasteiger partial charge on any atom is 0.315 e. The number of hydrogen-bond donors (Lipinski definition) is 4. The van der Waals surface area contributed by atoms with E-state index >= 15 is 0 Å². The van der Waals surface area contributed by atoms with Gasteiger partial charge in [-0.2, -0.15) is 0 Å². The Kier molecular flexibility index (Phi) is 10.4. The average molecular weight is 636 g/mol. The van der Waals surface area contributed by atoms with Gasteiger partial charge in [0.2, 0.25) is 17.6 Å². The third-order valence-corrected chi connectivity index (χ3v) is 10.9. The highest BCUT2D eigenvalue weighted by atomic mass is 16.2. The van der Waals surface area contributed by atoms with Gasteiger partial charge in [0.05, 0.1) is 6.04 Å². The molecule has 0 bridgehead atoms. The largest absolute Gasteiger partial charge is 0.363 e. The molecule has 252 valence electrons. The summed E-state index contributed by atoms with van der Waals surface area (Å²) in [6, 6.07) is 7.15. The molecule has 4 aliphatic rings. The van der Waals surface area contributed by atoms with Gasteiger partial charge in [0.1, 0.15) is 12.1 Å². The number of urea groups is 1. The first-order valence-corrected chi connectivity index (χ1v) is 17.4. The topological polar surface area (TPSA) is 151 Å². The molecular formula is C36H53N5O5. The monoisotopic (exact) mass is 635 g/mol. The maximum absolute atomic E-state index is 14.4. The van der Waals surface area contributed by atoms with Crippen LogP contribution in [0.2, 0.25) is 0 Å². The van der Waals surface area contributed by atoms with E-state index in [9.17, 15) is 24.0 Å². The van der Waals surface area contributed by atoms with Gasteiger partial charge in [-0.05, 0) is 73.7 Å². The molecule has 1 aromatic carbocycles. The molecule has 1 unspecified atom stereocenters. The predicted molar refractivity (Wildman–Crippen MR) is 175 cm³/mol. The highest BCUT2D eigenvalue weighted by molar-refractivity contribution is 6.37. The van der Waals surface area contributed by atoms with Crippen molar-refractivity contribution in [3.8, 4) is 0 Å². The number of likely N-dealkylation sites (tertiary alicyclic amines) is 1. The zero-order valence-electron chi connectivity index (χ0n) is 27.8. The quantitative estimate of drug-likeness (QED) is 0.256. The smallest absolute Gasteiger partial charge is 0.315 e. The molecule has 10 nitrogen and oxygen atoms in total. The van der Waals surface area contributed by atoms with Crippen LogP contribution in [0.3, 0.4) is 0 Å². The third kappa shape index (κ3) is 8.10. The van der Waals surface area contributed by atoms with Crippen molar-refractivity contribution in [2.75, 3.05) is 6.54 Å².